The van der Waals surface area contributed by atoms with Crippen LogP contribution in [0.1, 0.15) is 10.4 Å². The number of para-hydroxylation sites is 2. The average molecular weight is 351 g/mol. The number of nitrogens with zero attached hydrogens (tertiary/aromatic N) is 1. The van der Waals surface area contributed by atoms with Gasteiger partial charge in [0.15, 0.2) is 5.75 Å². The number of halogens is 2. The van der Waals surface area contributed by atoms with Gasteiger partial charge in [0.1, 0.15) is 12.1 Å². The third kappa shape index (κ3) is 2.73. The Morgan fingerprint density at radius 1 is 1.17 bits per heavy atom. The molecule has 2 amide bonds. The Morgan fingerprint density at radius 2 is 1.87 bits per heavy atom. The van der Waals surface area contributed by atoms with E-state index in [2.05, 4.69) is 5.32 Å². The largest absolute Gasteiger partial charge is 0.494 e. The molecule has 1 N–H and O–H groups in total. The smallest absolute Gasteiger partial charge is 0.264 e. The minimum atomic E-state index is -0.448. The lowest BCUT2D eigenvalue weighted by Crippen LogP contribution is -2.42. The normalized spacial score (nSPS) is 13.3. The van der Waals surface area contributed by atoms with Gasteiger partial charge in [-0.25, -0.2) is 0 Å². The second-order valence-corrected chi connectivity index (χ2v) is 5.71. The fraction of sp³-hybridized carbons (Fsp3) is 0.125. The first-order valence-electron chi connectivity index (χ1n) is 6.75. The summed E-state index contributed by atoms with van der Waals surface area (Å²) in [6.45, 7) is -0.109. The van der Waals surface area contributed by atoms with Gasteiger partial charge in [-0.1, -0.05) is 35.3 Å². The molecule has 2 aromatic carbocycles. The molecule has 0 saturated carbocycles. The van der Waals surface area contributed by atoms with Gasteiger partial charge in [0.05, 0.1) is 28.5 Å². The Labute approximate surface area is 142 Å². The summed E-state index contributed by atoms with van der Waals surface area (Å²) < 4.78 is 5.22. The van der Waals surface area contributed by atoms with Gasteiger partial charge in [-0.2, -0.15) is 0 Å². The van der Waals surface area contributed by atoms with E-state index in [1.165, 1.54) is 18.1 Å². The molecule has 0 atom stereocenters. The highest BCUT2D eigenvalue weighted by Gasteiger charge is 2.31. The average Bonchev–Trinajstić information content (AvgIpc) is 2.55. The van der Waals surface area contributed by atoms with Gasteiger partial charge in [0.2, 0.25) is 5.91 Å². The van der Waals surface area contributed by atoms with E-state index < -0.39 is 5.91 Å². The van der Waals surface area contributed by atoms with Gasteiger partial charge < -0.3 is 10.1 Å². The first kappa shape index (κ1) is 15.6. The summed E-state index contributed by atoms with van der Waals surface area (Å²) in [6.07, 6.45) is 0. The van der Waals surface area contributed by atoms with Crippen molar-refractivity contribution in [2.75, 3.05) is 23.9 Å². The second kappa shape index (κ2) is 6.10. The minimum Gasteiger partial charge on any atom is -0.494 e. The maximum absolute atomic E-state index is 13.0. The molecule has 0 aliphatic carbocycles. The molecule has 0 saturated heterocycles. The molecule has 7 heteroatoms. The molecular weight excluding hydrogens is 339 g/mol. The first-order valence-corrected chi connectivity index (χ1v) is 7.51. The topological polar surface area (TPSA) is 58.6 Å². The van der Waals surface area contributed by atoms with Crippen LogP contribution in [0.5, 0.6) is 5.75 Å². The second-order valence-electron chi connectivity index (χ2n) is 4.89. The number of fused-ring (bicyclic) bond motifs is 1. The summed E-state index contributed by atoms with van der Waals surface area (Å²) in [7, 11) is 1.41. The van der Waals surface area contributed by atoms with Crippen molar-refractivity contribution in [3.05, 3.63) is 52.0 Å². The molecular formula is C16H12Cl2N2O3. The fourth-order valence-corrected chi connectivity index (χ4v) is 2.95. The zero-order valence-corrected chi connectivity index (χ0v) is 13.6. The monoisotopic (exact) mass is 350 g/mol. The SMILES string of the molecule is COc1c(Cl)ccc(Cl)c1C(=O)N1CC(=O)Nc2ccccc21. The summed E-state index contributed by atoms with van der Waals surface area (Å²) in [4.78, 5) is 26.2. The maximum atomic E-state index is 13.0. The standard InChI is InChI=1S/C16H12Cl2N2O3/c1-23-15-10(18)7-6-9(17)14(15)16(22)20-8-13(21)19-11-4-2-3-5-12(11)20/h2-7H,8H2,1H3,(H,19,21). The Hall–Kier alpha value is -2.24. The van der Waals surface area contributed by atoms with Crippen LogP contribution < -0.4 is 15.0 Å². The maximum Gasteiger partial charge on any atom is 0.264 e. The lowest BCUT2D eigenvalue weighted by Gasteiger charge is -2.29. The van der Waals surface area contributed by atoms with E-state index in [9.17, 15) is 9.59 Å². The molecule has 0 fully saturated rings. The van der Waals surface area contributed by atoms with Crippen LogP contribution in [-0.2, 0) is 4.79 Å². The number of hydrogen-bond donors (Lipinski definition) is 1. The van der Waals surface area contributed by atoms with E-state index in [-0.39, 0.29) is 33.8 Å². The molecule has 0 spiro atoms. The van der Waals surface area contributed by atoms with Crippen molar-refractivity contribution < 1.29 is 14.3 Å². The third-order valence-electron chi connectivity index (χ3n) is 3.49. The van der Waals surface area contributed by atoms with E-state index in [4.69, 9.17) is 27.9 Å². The van der Waals surface area contributed by atoms with Crippen molar-refractivity contribution in [1.82, 2.24) is 0 Å². The molecule has 23 heavy (non-hydrogen) atoms. The molecule has 5 nitrogen and oxygen atoms in total. The number of ether oxygens (including phenoxy) is 1. The van der Waals surface area contributed by atoms with Crippen molar-refractivity contribution in [3.63, 3.8) is 0 Å². The van der Waals surface area contributed by atoms with Gasteiger partial charge in [-0.05, 0) is 24.3 Å². The molecule has 1 aliphatic heterocycles. The Balaban J connectivity index is 2.12. The van der Waals surface area contributed by atoms with E-state index in [0.717, 1.165) is 0 Å². The zero-order chi connectivity index (χ0) is 16.6. The number of hydrogen-bond acceptors (Lipinski definition) is 3. The molecule has 0 bridgehead atoms. The summed E-state index contributed by atoms with van der Waals surface area (Å²) >= 11 is 12.3. The number of carbonyl (C=O) groups is 2. The predicted octanol–water partition coefficient (Wildman–Crippen LogP) is 3.60. The van der Waals surface area contributed by atoms with E-state index in [1.54, 1.807) is 30.3 Å². The van der Waals surface area contributed by atoms with E-state index in [1.807, 2.05) is 0 Å². The Morgan fingerprint density at radius 3 is 2.61 bits per heavy atom. The number of nitrogens with one attached hydrogen (secondary N) is 1. The highest BCUT2D eigenvalue weighted by Crippen LogP contribution is 2.37. The molecule has 1 heterocycles. The number of rotatable bonds is 2. The summed E-state index contributed by atoms with van der Waals surface area (Å²) in [5, 5.41) is 3.21. The van der Waals surface area contributed by atoms with Crippen LogP contribution in [0.4, 0.5) is 11.4 Å². The molecule has 0 radical (unpaired) electrons. The third-order valence-corrected chi connectivity index (χ3v) is 4.11. The van der Waals surface area contributed by atoms with Crippen molar-refractivity contribution in [2.24, 2.45) is 0 Å². The lowest BCUT2D eigenvalue weighted by molar-refractivity contribution is -0.115. The minimum absolute atomic E-state index is 0.109. The zero-order valence-electron chi connectivity index (χ0n) is 12.1. The number of amides is 2. The van der Waals surface area contributed by atoms with Crippen LogP contribution in [0.15, 0.2) is 36.4 Å². The summed E-state index contributed by atoms with van der Waals surface area (Å²) in [5.74, 6) is -0.543. The predicted molar refractivity (Wildman–Crippen MR) is 89.8 cm³/mol. The lowest BCUT2D eigenvalue weighted by atomic mass is 10.1. The molecule has 3 rings (SSSR count). The number of methoxy groups -OCH3 is 1. The van der Waals surface area contributed by atoms with Crippen LogP contribution in [0.25, 0.3) is 0 Å². The van der Waals surface area contributed by atoms with Gasteiger partial charge in [0.25, 0.3) is 5.91 Å². The molecule has 2 aromatic rings. The number of benzene rings is 2. The van der Waals surface area contributed by atoms with Crippen molar-refractivity contribution in [3.8, 4) is 5.75 Å². The van der Waals surface area contributed by atoms with Gasteiger partial charge in [0, 0.05) is 0 Å². The van der Waals surface area contributed by atoms with Crippen molar-refractivity contribution in [1.29, 1.82) is 0 Å². The highest BCUT2D eigenvalue weighted by molar-refractivity contribution is 6.38. The van der Waals surface area contributed by atoms with Crippen LogP contribution >= 0.6 is 23.2 Å². The van der Waals surface area contributed by atoms with Gasteiger partial charge in [-0.3, -0.25) is 14.5 Å². The summed E-state index contributed by atoms with van der Waals surface area (Å²) in [5.41, 5.74) is 1.29. The summed E-state index contributed by atoms with van der Waals surface area (Å²) in [6, 6.07) is 10.1. The van der Waals surface area contributed by atoms with Gasteiger partial charge >= 0.3 is 0 Å². The molecule has 0 unspecified atom stereocenters. The van der Waals surface area contributed by atoms with Crippen molar-refractivity contribution in [2.45, 2.75) is 0 Å². The van der Waals surface area contributed by atoms with Crippen LogP contribution in [-0.4, -0.2) is 25.5 Å². The van der Waals surface area contributed by atoms with E-state index in [0.29, 0.717) is 11.4 Å². The molecule has 0 aromatic heterocycles. The van der Waals surface area contributed by atoms with Crippen molar-refractivity contribution >= 4 is 46.4 Å². The molecule has 1 aliphatic rings. The van der Waals surface area contributed by atoms with Crippen LogP contribution in [0.3, 0.4) is 0 Å². The van der Waals surface area contributed by atoms with Gasteiger partial charge in [-0.15, -0.1) is 0 Å². The fourth-order valence-electron chi connectivity index (χ4n) is 2.48. The number of anilines is 2. The first-order chi connectivity index (χ1) is 11.0. The number of carbonyl (C=O) groups excluding carboxylic acids is 2. The highest BCUT2D eigenvalue weighted by atomic mass is 35.5. The Kier molecular flexibility index (Phi) is 4.15. The van der Waals surface area contributed by atoms with Crippen LogP contribution in [0, 0.1) is 0 Å². The van der Waals surface area contributed by atoms with E-state index >= 15 is 0 Å². The van der Waals surface area contributed by atoms with Crippen LogP contribution in [0.2, 0.25) is 10.0 Å². The Bertz CT molecular complexity index is 808. The molecule has 118 valence electrons. The quantitative estimate of drug-likeness (QED) is 0.899.